The van der Waals surface area contributed by atoms with E-state index < -0.39 is 6.10 Å². The third-order valence-electron chi connectivity index (χ3n) is 4.69. The molecular weight excluding hydrogens is 386 g/mol. The first-order valence-electron chi connectivity index (χ1n) is 9.34. The average molecular weight is 407 g/mol. The van der Waals surface area contributed by atoms with Gasteiger partial charge in [-0.05, 0) is 24.6 Å². The van der Waals surface area contributed by atoms with Gasteiger partial charge >= 0.3 is 0 Å². The van der Waals surface area contributed by atoms with Crippen molar-refractivity contribution < 1.29 is 14.3 Å². The number of ether oxygens (including phenoxy) is 1. The molecule has 0 fully saturated rings. The van der Waals surface area contributed by atoms with Crippen molar-refractivity contribution in [2.45, 2.75) is 26.4 Å². The maximum absolute atomic E-state index is 12.8. The summed E-state index contributed by atoms with van der Waals surface area (Å²) in [5.74, 6) is 0.0730. The zero-order valence-corrected chi connectivity index (χ0v) is 17.0. The molecule has 0 spiro atoms. The normalized spacial score (nSPS) is 15.4. The molecule has 0 saturated heterocycles. The Labute approximate surface area is 173 Å². The fraction of sp³-hybridized carbons (Fsp3) is 0.227. The number of aryl methyl sites for hydroxylation is 1. The highest BCUT2D eigenvalue weighted by molar-refractivity contribution is 7.15. The number of hydrogen-bond donors (Lipinski definition) is 1. The molecule has 1 aromatic heterocycles. The maximum atomic E-state index is 12.8. The van der Waals surface area contributed by atoms with Gasteiger partial charge < -0.3 is 9.64 Å². The molecule has 1 N–H and O–H groups in total. The Morgan fingerprint density at radius 2 is 2.07 bits per heavy atom. The van der Waals surface area contributed by atoms with Crippen LogP contribution >= 0.6 is 11.3 Å². The zero-order chi connectivity index (χ0) is 20.4. The van der Waals surface area contributed by atoms with Gasteiger partial charge in [0.05, 0.1) is 12.2 Å². The Hall–Kier alpha value is -3.19. The molecule has 2 heterocycles. The number of hydrogen-bond acceptors (Lipinski definition) is 5. The molecule has 0 aliphatic carbocycles. The number of aromatic nitrogens is 1. The monoisotopic (exact) mass is 407 g/mol. The lowest BCUT2D eigenvalue weighted by Crippen LogP contribution is -2.48. The number of amides is 2. The molecule has 1 atom stereocenters. The zero-order valence-electron chi connectivity index (χ0n) is 16.2. The fourth-order valence-corrected chi connectivity index (χ4v) is 4.17. The van der Waals surface area contributed by atoms with E-state index in [1.807, 2.05) is 24.3 Å². The summed E-state index contributed by atoms with van der Waals surface area (Å²) in [5, 5.41) is 3.35. The van der Waals surface area contributed by atoms with Gasteiger partial charge in [-0.3, -0.25) is 14.9 Å². The second-order valence-corrected chi connectivity index (χ2v) is 8.11. The third-order valence-corrected chi connectivity index (χ3v) is 5.60. The molecule has 0 radical (unpaired) electrons. The molecule has 1 aliphatic rings. The molecule has 2 aromatic carbocycles. The Balaban J connectivity index is 1.45. The summed E-state index contributed by atoms with van der Waals surface area (Å²) < 4.78 is 5.83. The first kappa shape index (κ1) is 19.1. The van der Waals surface area contributed by atoms with E-state index in [1.54, 1.807) is 17.2 Å². The van der Waals surface area contributed by atoms with Crippen molar-refractivity contribution >= 4 is 34.0 Å². The molecule has 7 heteroatoms. The van der Waals surface area contributed by atoms with Crippen LogP contribution in [0.2, 0.25) is 0 Å². The van der Waals surface area contributed by atoms with Gasteiger partial charge in [0.25, 0.3) is 5.91 Å². The highest BCUT2D eigenvalue weighted by Crippen LogP contribution is 2.33. The number of nitrogens with zero attached hydrogens (tertiary/aromatic N) is 2. The van der Waals surface area contributed by atoms with Crippen LogP contribution < -0.4 is 15.0 Å². The molecule has 6 nitrogen and oxygen atoms in total. The number of para-hydroxylation sites is 2. The standard InChI is InChI=1S/C22H21N3O3S/c1-14-6-5-7-16(10-14)11-17-12-23-22(29-17)24-21(27)20-13-25(15(2)26)18-8-3-4-9-19(18)28-20/h3-10,12,20H,11,13H2,1-2H3,(H,23,24,27)/t20-/m1/s1. The topological polar surface area (TPSA) is 71.5 Å². The van der Waals surface area contributed by atoms with Gasteiger partial charge in [-0.15, -0.1) is 11.3 Å². The quantitative estimate of drug-likeness (QED) is 0.714. The van der Waals surface area contributed by atoms with E-state index in [0.29, 0.717) is 16.6 Å². The Bertz CT molecular complexity index is 1060. The number of rotatable bonds is 4. The van der Waals surface area contributed by atoms with Crippen molar-refractivity contribution in [2.75, 3.05) is 16.8 Å². The number of carbonyl (C=O) groups excluding carboxylic acids is 2. The molecule has 0 unspecified atom stereocenters. The van der Waals surface area contributed by atoms with E-state index in [0.717, 1.165) is 11.3 Å². The SMILES string of the molecule is CC(=O)N1C[C@H](C(=O)Nc2ncc(Cc3cccc(C)c3)s2)Oc2ccccc21. The summed E-state index contributed by atoms with van der Waals surface area (Å²) in [5.41, 5.74) is 3.10. The second kappa shape index (κ2) is 8.05. The molecule has 0 saturated carbocycles. The summed E-state index contributed by atoms with van der Waals surface area (Å²) >= 11 is 1.44. The lowest BCUT2D eigenvalue weighted by Gasteiger charge is -2.33. The summed E-state index contributed by atoms with van der Waals surface area (Å²) in [7, 11) is 0. The molecule has 4 rings (SSSR count). The van der Waals surface area contributed by atoms with Crippen LogP contribution in [-0.4, -0.2) is 29.4 Å². The highest BCUT2D eigenvalue weighted by atomic mass is 32.1. The van der Waals surface area contributed by atoms with Crippen molar-refractivity contribution in [1.29, 1.82) is 0 Å². The van der Waals surface area contributed by atoms with Crippen LogP contribution in [0.1, 0.15) is 22.9 Å². The van der Waals surface area contributed by atoms with Crippen LogP contribution in [0.5, 0.6) is 5.75 Å². The fourth-order valence-electron chi connectivity index (χ4n) is 3.33. The van der Waals surface area contributed by atoms with Crippen LogP contribution in [-0.2, 0) is 16.0 Å². The minimum absolute atomic E-state index is 0.131. The summed E-state index contributed by atoms with van der Waals surface area (Å²) in [6.45, 7) is 3.71. The molecule has 3 aromatic rings. The predicted octanol–water partition coefficient (Wildman–Crippen LogP) is 3.79. The molecular formula is C22H21N3O3S. The van der Waals surface area contributed by atoms with E-state index in [4.69, 9.17) is 4.74 Å². The van der Waals surface area contributed by atoms with Gasteiger partial charge in [0.15, 0.2) is 11.2 Å². The lowest BCUT2D eigenvalue weighted by molar-refractivity contribution is -0.123. The lowest BCUT2D eigenvalue weighted by atomic mass is 10.1. The number of nitrogens with one attached hydrogen (secondary N) is 1. The van der Waals surface area contributed by atoms with E-state index in [1.165, 1.54) is 29.4 Å². The van der Waals surface area contributed by atoms with Crippen LogP contribution in [0.3, 0.4) is 0 Å². The Morgan fingerprint density at radius 1 is 1.24 bits per heavy atom. The van der Waals surface area contributed by atoms with Gasteiger partial charge in [-0.25, -0.2) is 4.98 Å². The average Bonchev–Trinajstić information content (AvgIpc) is 3.13. The number of benzene rings is 2. The predicted molar refractivity (Wildman–Crippen MR) is 114 cm³/mol. The molecule has 29 heavy (non-hydrogen) atoms. The van der Waals surface area contributed by atoms with Gasteiger partial charge in [-0.2, -0.15) is 0 Å². The van der Waals surface area contributed by atoms with Crippen molar-refractivity contribution in [1.82, 2.24) is 4.98 Å². The van der Waals surface area contributed by atoms with Crippen LogP contribution in [0.25, 0.3) is 0 Å². The first-order chi connectivity index (χ1) is 14.0. The van der Waals surface area contributed by atoms with Crippen molar-refractivity contribution in [3.05, 3.63) is 70.7 Å². The smallest absolute Gasteiger partial charge is 0.269 e. The maximum Gasteiger partial charge on any atom is 0.269 e. The van der Waals surface area contributed by atoms with Gasteiger partial charge in [0.2, 0.25) is 5.91 Å². The van der Waals surface area contributed by atoms with Crippen LogP contribution in [0.4, 0.5) is 10.8 Å². The molecule has 0 bridgehead atoms. The highest BCUT2D eigenvalue weighted by Gasteiger charge is 2.32. The van der Waals surface area contributed by atoms with E-state index in [2.05, 4.69) is 35.4 Å². The van der Waals surface area contributed by atoms with Gasteiger partial charge in [0, 0.05) is 24.4 Å². The minimum Gasteiger partial charge on any atom is -0.476 e. The molecule has 1 aliphatic heterocycles. The number of fused-ring (bicyclic) bond motifs is 1. The van der Waals surface area contributed by atoms with Crippen LogP contribution in [0, 0.1) is 6.92 Å². The van der Waals surface area contributed by atoms with E-state index in [-0.39, 0.29) is 18.4 Å². The molecule has 148 valence electrons. The van der Waals surface area contributed by atoms with Gasteiger partial charge in [-0.1, -0.05) is 42.0 Å². The number of anilines is 2. The van der Waals surface area contributed by atoms with Gasteiger partial charge in [0.1, 0.15) is 5.75 Å². The van der Waals surface area contributed by atoms with Crippen molar-refractivity contribution in [2.24, 2.45) is 0 Å². The third kappa shape index (κ3) is 4.30. The number of thiazole rings is 1. The molecule has 2 amide bonds. The first-order valence-corrected chi connectivity index (χ1v) is 10.2. The second-order valence-electron chi connectivity index (χ2n) is 6.99. The van der Waals surface area contributed by atoms with E-state index in [9.17, 15) is 9.59 Å². The van der Waals surface area contributed by atoms with Crippen LogP contribution in [0.15, 0.2) is 54.7 Å². The number of carbonyl (C=O) groups is 2. The Morgan fingerprint density at radius 3 is 2.86 bits per heavy atom. The van der Waals surface area contributed by atoms with Crippen molar-refractivity contribution in [3.63, 3.8) is 0 Å². The summed E-state index contributed by atoms with van der Waals surface area (Å²) in [6.07, 6.45) is 1.75. The Kier molecular flexibility index (Phi) is 5.31. The summed E-state index contributed by atoms with van der Waals surface area (Å²) in [6, 6.07) is 15.5. The minimum atomic E-state index is -0.794. The summed E-state index contributed by atoms with van der Waals surface area (Å²) in [4.78, 5) is 31.7. The largest absolute Gasteiger partial charge is 0.476 e. The van der Waals surface area contributed by atoms with E-state index >= 15 is 0 Å². The van der Waals surface area contributed by atoms with Crippen molar-refractivity contribution in [3.8, 4) is 5.75 Å².